The van der Waals surface area contributed by atoms with Gasteiger partial charge in [0.2, 0.25) is 0 Å². The van der Waals surface area contributed by atoms with Gasteiger partial charge < -0.3 is 14.3 Å². The molecule has 0 bridgehead atoms. The highest BCUT2D eigenvalue weighted by Crippen LogP contribution is 2.09. The van der Waals surface area contributed by atoms with E-state index >= 15 is 0 Å². The zero-order chi connectivity index (χ0) is 12.5. The Morgan fingerprint density at radius 1 is 1.29 bits per heavy atom. The van der Waals surface area contributed by atoms with Crippen molar-refractivity contribution in [1.29, 1.82) is 0 Å². The fourth-order valence-corrected chi connectivity index (χ4v) is 1.60. The van der Waals surface area contributed by atoms with Crippen molar-refractivity contribution < 1.29 is 14.3 Å². The van der Waals surface area contributed by atoms with E-state index in [0.717, 1.165) is 18.3 Å². The first-order valence-electron chi connectivity index (χ1n) is 5.96. The first-order valence-corrected chi connectivity index (χ1v) is 5.96. The maximum absolute atomic E-state index is 10.6. The van der Waals surface area contributed by atoms with Gasteiger partial charge in [0.1, 0.15) is 13.1 Å². The summed E-state index contributed by atoms with van der Waals surface area (Å²) in [6.45, 7) is 4.62. The molecule has 0 saturated heterocycles. The van der Waals surface area contributed by atoms with Gasteiger partial charge in [-0.25, -0.2) is 0 Å². The lowest BCUT2D eigenvalue weighted by atomic mass is 10.1. The van der Waals surface area contributed by atoms with E-state index in [1.165, 1.54) is 0 Å². The molecule has 0 radical (unpaired) electrons. The molecule has 0 aliphatic rings. The molecule has 2 atom stereocenters. The fourth-order valence-electron chi connectivity index (χ4n) is 1.60. The van der Waals surface area contributed by atoms with E-state index in [2.05, 4.69) is 0 Å². The Balaban J connectivity index is 2.21. The highest BCUT2D eigenvalue weighted by molar-refractivity contribution is 5.53. The fraction of sp³-hybridized carbons (Fsp3) is 0.500. The molecule has 0 amide bonds. The molecule has 17 heavy (non-hydrogen) atoms. The van der Waals surface area contributed by atoms with E-state index in [0.29, 0.717) is 6.61 Å². The first kappa shape index (κ1) is 13.9. The van der Waals surface area contributed by atoms with Crippen LogP contribution in [0.4, 0.5) is 0 Å². The van der Waals surface area contributed by atoms with Gasteiger partial charge >= 0.3 is 0 Å². The number of hydrogen-bond donors (Lipinski definition) is 0. The molecule has 0 saturated carbocycles. The van der Waals surface area contributed by atoms with Gasteiger partial charge in [-0.05, 0) is 12.0 Å². The van der Waals surface area contributed by atoms with Gasteiger partial charge in [-0.15, -0.1) is 0 Å². The van der Waals surface area contributed by atoms with Crippen molar-refractivity contribution >= 4 is 6.29 Å². The van der Waals surface area contributed by atoms with Crippen molar-refractivity contribution in [3.8, 4) is 0 Å². The number of hydrogen-bond acceptors (Lipinski definition) is 3. The van der Waals surface area contributed by atoms with Gasteiger partial charge in [0.25, 0.3) is 0 Å². The SMILES string of the molecule is CC[C@@H](OCOCc1ccccc1)[C@H](C)C=O. The van der Waals surface area contributed by atoms with E-state index in [9.17, 15) is 4.79 Å². The minimum Gasteiger partial charge on any atom is -0.351 e. The van der Waals surface area contributed by atoms with Crippen LogP contribution in [0, 0.1) is 5.92 Å². The monoisotopic (exact) mass is 236 g/mol. The number of benzene rings is 1. The molecule has 1 rings (SSSR count). The molecule has 0 aromatic heterocycles. The Bertz CT molecular complexity index is 311. The quantitative estimate of drug-likeness (QED) is 0.395. The average molecular weight is 236 g/mol. The van der Waals surface area contributed by atoms with Gasteiger partial charge in [0, 0.05) is 5.92 Å². The number of carbonyl (C=O) groups is 1. The molecule has 94 valence electrons. The molecule has 0 heterocycles. The van der Waals surface area contributed by atoms with E-state index in [4.69, 9.17) is 9.47 Å². The van der Waals surface area contributed by atoms with Crippen LogP contribution >= 0.6 is 0 Å². The lowest BCUT2D eigenvalue weighted by molar-refractivity contribution is -0.128. The molecule has 0 aliphatic heterocycles. The first-order chi connectivity index (χ1) is 8.27. The zero-order valence-electron chi connectivity index (χ0n) is 10.5. The minimum absolute atomic E-state index is 0.0525. The summed E-state index contributed by atoms with van der Waals surface area (Å²) in [5, 5.41) is 0. The van der Waals surface area contributed by atoms with Crippen LogP contribution in [-0.2, 0) is 20.9 Å². The van der Waals surface area contributed by atoms with E-state index in [1.54, 1.807) is 0 Å². The number of carbonyl (C=O) groups excluding carboxylic acids is 1. The molecular weight excluding hydrogens is 216 g/mol. The molecular formula is C14H20O3. The maximum atomic E-state index is 10.6. The van der Waals surface area contributed by atoms with E-state index < -0.39 is 0 Å². The summed E-state index contributed by atoms with van der Waals surface area (Å²) in [6.07, 6.45) is 1.68. The second-order valence-corrected chi connectivity index (χ2v) is 4.06. The van der Waals surface area contributed by atoms with Crippen LogP contribution in [-0.4, -0.2) is 19.2 Å². The number of aldehydes is 1. The summed E-state index contributed by atoms with van der Waals surface area (Å²) < 4.78 is 10.9. The predicted octanol–water partition coefficient (Wildman–Crippen LogP) is 2.79. The summed E-state index contributed by atoms with van der Waals surface area (Å²) in [7, 11) is 0. The third-order valence-electron chi connectivity index (χ3n) is 2.68. The molecule has 1 aromatic carbocycles. The van der Waals surface area contributed by atoms with Crippen LogP contribution in [0.1, 0.15) is 25.8 Å². The summed E-state index contributed by atoms with van der Waals surface area (Å²) in [4.78, 5) is 10.6. The number of rotatable bonds is 8. The molecule has 3 nitrogen and oxygen atoms in total. The number of ether oxygens (including phenoxy) is 2. The molecule has 0 aliphatic carbocycles. The topological polar surface area (TPSA) is 35.5 Å². The van der Waals surface area contributed by atoms with Gasteiger partial charge in [-0.3, -0.25) is 0 Å². The lowest BCUT2D eigenvalue weighted by Gasteiger charge is -2.18. The summed E-state index contributed by atoms with van der Waals surface area (Å²) >= 11 is 0. The third kappa shape index (κ3) is 5.11. The van der Waals surface area contributed by atoms with Crippen LogP contribution in [0.3, 0.4) is 0 Å². The summed E-state index contributed by atoms with van der Waals surface area (Å²) in [6, 6.07) is 9.93. The second kappa shape index (κ2) is 7.98. The predicted molar refractivity (Wildman–Crippen MR) is 66.5 cm³/mol. The normalized spacial score (nSPS) is 14.2. The Morgan fingerprint density at radius 2 is 2.00 bits per heavy atom. The van der Waals surface area contributed by atoms with Crippen LogP contribution in [0.2, 0.25) is 0 Å². The third-order valence-corrected chi connectivity index (χ3v) is 2.68. The van der Waals surface area contributed by atoms with Crippen LogP contribution < -0.4 is 0 Å². The Morgan fingerprint density at radius 3 is 2.59 bits per heavy atom. The van der Waals surface area contributed by atoms with Crippen LogP contribution in [0.5, 0.6) is 0 Å². The largest absolute Gasteiger partial charge is 0.351 e. The van der Waals surface area contributed by atoms with Crippen molar-refractivity contribution in [2.45, 2.75) is 33.0 Å². The Labute approximate surface area is 103 Å². The molecule has 0 N–H and O–H groups in total. The Hall–Kier alpha value is -1.19. The molecule has 0 unspecified atom stereocenters. The standard InChI is InChI=1S/C14H20O3/c1-3-14(12(2)9-15)17-11-16-10-13-7-5-4-6-8-13/h4-9,12,14H,3,10-11H2,1-2H3/t12-,14-/m1/s1. The highest BCUT2D eigenvalue weighted by atomic mass is 16.7. The van der Waals surface area contributed by atoms with Crippen LogP contribution in [0.15, 0.2) is 30.3 Å². The van der Waals surface area contributed by atoms with Crippen LogP contribution in [0.25, 0.3) is 0 Å². The summed E-state index contributed by atoms with van der Waals surface area (Å²) in [5.74, 6) is -0.0830. The van der Waals surface area contributed by atoms with Crippen molar-refractivity contribution in [3.63, 3.8) is 0 Å². The van der Waals surface area contributed by atoms with Crippen molar-refractivity contribution in [2.24, 2.45) is 5.92 Å². The smallest absolute Gasteiger partial charge is 0.147 e. The zero-order valence-corrected chi connectivity index (χ0v) is 10.5. The second-order valence-electron chi connectivity index (χ2n) is 4.06. The highest BCUT2D eigenvalue weighted by Gasteiger charge is 2.14. The van der Waals surface area contributed by atoms with Gasteiger partial charge in [0.15, 0.2) is 0 Å². The van der Waals surface area contributed by atoms with Gasteiger partial charge in [-0.2, -0.15) is 0 Å². The van der Waals surface area contributed by atoms with Crippen molar-refractivity contribution in [2.75, 3.05) is 6.79 Å². The van der Waals surface area contributed by atoms with Crippen molar-refractivity contribution in [3.05, 3.63) is 35.9 Å². The van der Waals surface area contributed by atoms with Gasteiger partial charge in [0.05, 0.1) is 12.7 Å². The minimum atomic E-state index is -0.0830. The maximum Gasteiger partial charge on any atom is 0.147 e. The molecule has 3 heteroatoms. The molecule has 0 fully saturated rings. The lowest BCUT2D eigenvalue weighted by Crippen LogP contribution is -2.23. The average Bonchev–Trinajstić information content (AvgIpc) is 2.39. The van der Waals surface area contributed by atoms with Gasteiger partial charge in [-0.1, -0.05) is 44.2 Å². The van der Waals surface area contributed by atoms with Crippen molar-refractivity contribution in [1.82, 2.24) is 0 Å². The van der Waals surface area contributed by atoms with E-state index in [-0.39, 0.29) is 18.8 Å². The van der Waals surface area contributed by atoms with E-state index in [1.807, 2.05) is 44.2 Å². The molecule has 0 spiro atoms. The Kier molecular flexibility index (Phi) is 6.51. The summed E-state index contributed by atoms with van der Waals surface area (Å²) in [5.41, 5.74) is 1.12. The molecule has 1 aromatic rings.